The van der Waals surface area contributed by atoms with Crippen molar-refractivity contribution in [3.8, 4) is 5.88 Å². The molecule has 38 heavy (non-hydrogen) atoms. The van der Waals surface area contributed by atoms with Crippen molar-refractivity contribution in [3.05, 3.63) is 47.3 Å². The lowest BCUT2D eigenvalue weighted by Crippen LogP contribution is -2.48. The van der Waals surface area contributed by atoms with E-state index in [0.717, 1.165) is 69.1 Å². The van der Waals surface area contributed by atoms with Crippen molar-refractivity contribution in [2.45, 2.75) is 81.8 Å². The highest BCUT2D eigenvalue weighted by Gasteiger charge is 2.38. The fraction of sp³-hybridized carbons (Fsp3) is 0.615. The van der Waals surface area contributed by atoms with Crippen LogP contribution in [-0.4, -0.2) is 67.7 Å². The second-order valence-corrected chi connectivity index (χ2v) is 10.5. The van der Waals surface area contributed by atoms with Crippen LogP contribution in [0.5, 0.6) is 5.88 Å². The van der Waals surface area contributed by atoms with Crippen LogP contribution in [0.4, 0.5) is 13.2 Å². The summed E-state index contributed by atoms with van der Waals surface area (Å²) in [5, 5.41) is 17.6. The van der Waals surface area contributed by atoms with E-state index in [9.17, 15) is 18.3 Å². The van der Waals surface area contributed by atoms with Crippen LogP contribution in [0.15, 0.2) is 35.1 Å². The number of H-pyrrole nitrogens is 1. The number of aliphatic hydroxyl groups is 1. The number of nitrogens with two attached hydrogens (primary N) is 1. The number of aliphatic hydroxyl groups excluding tert-OH is 1. The van der Waals surface area contributed by atoms with E-state index in [0.29, 0.717) is 24.0 Å². The summed E-state index contributed by atoms with van der Waals surface area (Å²) in [5.74, 6) is 1.49. The summed E-state index contributed by atoms with van der Waals surface area (Å²) in [6, 6.07) is 2.12. The minimum atomic E-state index is -4.46. The van der Waals surface area contributed by atoms with E-state index in [2.05, 4.69) is 25.1 Å². The smallest absolute Gasteiger partial charge is 0.416 e. The molecule has 2 aromatic heterocycles. The molecular formula is C26H34F3N7O2. The molecule has 2 aliphatic carbocycles. The quantitative estimate of drug-likeness (QED) is 0.443. The van der Waals surface area contributed by atoms with E-state index in [1.54, 1.807) is 6.20 Å². The van der Waals surface area contributed by atoms with Crippen molar-refractivity contribution in [2.75, 3.05) is 13.1 Å². The number of alkyl halides is 3. The minimum absolute atomic E-state index is 0.0539. The minimum Gasteiger partial charge on any atom is -0.469 e. The molecule has 0 radical (unpaired) electrons. The Bertz CT molecular complexity index is 1140. The van der Waals surface area contributed by atoms with Crippen LogP contribution in [0.2, 0.25) is 0 Å². The molecule has 4 N–H and O–H groups in total. The Kier molecular flexibility index (Phi) is 7.98. The largest absolute Gasteiger partial charge is 0.469 e. The van der Waals surface area contributed by atoms with Crippen molar-refractivity contribution >= 4 is 6.21 Å². The molecular weight excluding hydrogens is 499 g/mol. The fourth-order valence-electron chi connectivity index (χ4n) is 5.68. The van der Waals surface area contributed by atoms with Crippen LogP contribution < -0.4 is 10.5 Å². The van der Waals surface area contributed by atoms with Crippen LogP contribution in [-0.2, 0) is 12.8 Å². The second kappa shape index (κ2) is 11.4. The number of ether oxygens (including phenoxy) is 1. The third-order valence-electron chi connectivity index (χ3n) is 7.99. The molecule has 2 aromatic rings. The van der Waals surface area contributed by atoms with Gasteiger partial charge in [0.25, 0.3) is 0 Å². The molecule has 2 saturated carbocycles. The van der Waals surface area contributed by atoms with Gasteiger partial charge in [-0.1, -0.05) is 0 Å². The predicted octanol–water partition coefficient (Wildman–Crippen LogP) is 3.58. The van der Waals surface area contributed by atoms with Gasteiger partial charge in [0.15, 0.2) is 11.6 Å². The van der Waals surface area contributed by atoms with E-state index in [4.69, 9.17) is 15.5 Å². The molecule has 5 rings (SSSR count). The van der Waals surface area contributed by atoms with Crippen LogP contribution in [0.1, 0.15) is 68.1 Å². The van der Waals surface area contributed by atoms with Gasteiger partial charge in [0.05, 0.1) is 17.7 Å². The van der Waals surface area contributed by atoms with Gasteiger partial charge in [-0.05, 0) is 81.8 Å². The number of aliphatic imine (C=N–C) groups is 1. The topological polar surface area (TPSA) is 126 Å². The summed E-state index contributed by atoms with van der Waals surface area (Å²) in [6.07, 6.45) is 6.29. The zero-order valence-corrected chi connectivity index (χ0v) is 21.1. The first-order valence-electron chi connectivity index (χ1n) is 13.2. The Balaban J connectivity index is 1.10. The number of rotatable bonds is 8. The van der Waals surface area contributed by atoms with Gasteiger partial charge in [-0.25, -0.2) is 9.97 Å². The highest BCUT2D eigenvalue weighted by atomic mass is 19.4. The van der Waals surface area contributed by atoms with Gasteiger partial charge in [0, 0.05) is 30.4 Å². The second-order valence-electron chi connectivity index (χ2n) is 10.5. The Morgan fingerprint density at radius 2 is 2.03 bits per heavy atom. The van der Waals surface area contributed by atoms with E-state index in [1.165, 1.54) is 6.42 Å². The molecule has 9 nitrogen and oxygen atoms in total. The van der Waals surface area contributed by atoms with Crippen molar-refractivity contribution in [1.82, 2.24) is 25.1 Å². The Labute approximate surface area is 219 Å². The molecule has 1 aliphatic heterocycles. The number of nitrogens with zero attached hydrogens (tertiary/aromatic N) is 5. The number of nitrogens with one attached hydrogen (secondary N) is 1. The summed E-state index contributed by atoms with van der Waals surface area (Å²) in [6.45, 7) is 2.09. The summed E-state index contributed by atoms with van der Waals surface area (Å²) < 4.78 is 44.0. The van der Waals surface area contributed by atoms with E-state index >= 15 is 0 Å². The van der Waals surface area contributed by atoms with Crippen LogP contribution in [0, 0.1) is 5.92 Å². The maximum atomic E-state index is 12.9. The van der Waals surface area contributed by atoms with Gasteiger partial charge >= 0.3 is 6.18 Å². The van der Waals surface area contributed by atoms with Crippen molar-refractivity contribution in [2.24, 2.45) is 16.6 Å². The van der Waals surface area contributed by atoms with Gasteiger partial charge in [-0.2, -0.15) is 18.3 Å². The average Bonchev–Trinajstić information content (AvgIpc) is 3.49. The summed E-state index contributed by atoms with van der Waals surface area (Å²) in [4.78, 5) is 15.5. The number of aromatic nitrogens is 4. The standard InChI is InChI=1S/C26H34F3N7O2/c27-26(28,29)19-6-7-31-24(10-19)38-15-23-33-25(35-34-23)17-4-2-16(3-5-17)18(13-30)14-32-20-11-21(22(37)12-20)36-8-1-9-36/h6-7,10,13-14,16-17,20-22,37H,1-5,8-9,11-12,15,30H2,(H,33,34,35)/t16?,17?,20-,21+,22+/m1/s1. The molecule has 12 heteroatoms. The SMILES string of the molecule is NC=C(C=N[C@H]1C[C@H](O)[C@@H](N2CCC2)C1)C1CCC(c2n[nH]c(COc3cc(C(F)(F)F)ccn3)n2)CC1. The molecule has 1 saturated heterocycles. The van der Waals surface area contributed by atoms with Gasteiger partial charge in [-0.3, -0.25) is 15.0 Å². The molecule has 0 spiro atoms. The number of pyridine rings is 1. The molecule has 3 atom stereocenters. The number of halogens is 3. The molecule has 3 fully saturated rings. The van der Waals surface area contributed by atoms with Gasteiger partial charge in [0.1, 0.15) is 6.61 Å². The molecule has 3 aliphatic rings. The number of allylic oxidation sites excluding steroid dienone is 1. The first-order chi connectivity index (χ1) is 18.3. The highest BCUT2D eigenvalue weighted by Crippen LogP contribution is 2.37. The van der Waals surface area contributed by atoms with Crippen LogP contribution in [0.3, 0.4) is 0 Å². The first kappa shape index (κ1) is 26.6. The normalized spacial score (nSPS) is 29.1. The number of hydrogen-bond acceptors (Lipinski definition) is 8. The molecule has 0 amide bonds. The van der Waals surface area contributed by atoms with Crippen molar-refractivity contribution in [1.29, 1.82) is 0 Å². The maximum absolute atomic E-state index is 12.9. The first-order valence-corrected chi connectivity index (χ1v) is 13.2. The van der Waals surface area contributed by atoms with E-state index < -0.39 is 11.7 Å². The molecule has 0 bridgehead atoms. The van der Waals surface area contributed by atoms with Gasteiger partial charge in [0.2, 0.25) is 5.88 Å². The summed E-state index contributed by atoms with van der Waals surface area (Å²) >= 11 is 0. The average molecular weight is 534 g/mol. The number of aromatic amines is 1. The fourth-order valence-corrected chi connectivity index (χ4v) is 5.68. The Morgan fingerprint density at radius 1 is 1.24 bits per heavy atom. The lowest BCUT2D eigenvalue weighted by Gasteiger charge is -2.37. The molecule has 0 unspecified atom stereocenters. The Hall–Kier alpha value is -2.99. The summed E-state index contributed by atoms with van der Waals surface area (Å²) in [7, 11) is 0. The third-order valence-corrected chi connectivity index (χ3v) is 7.99. The zero-order chi connectivity index (χ0) is 26.7. The van der Waals surface area contributed by atoms with Crippen LogP contribution >= 0.6 is 0 Å². The van der Waals surface area contributed by atoms with E-state index in [-0.39, 0.29) is 36.6 Å². The van der Waals surface area contributed by atoms with Crippen molar-refractivity contribution < 1.29 is 23.0 Å². The van der Waals surface area contributed by atoms with Gasteiger partial charge < -0.3 is 15.6 Å². The monoisotopic (exact) mass is 533 g/mol. The molecule has 0 aromatic carbocycles. The van der Waals surface area contributed by atoms with E-state index in [1.807, 2.05) is 6.21 Å². The van der Waals surface area contributed by atoms with Crippen LogP contribution in [0.25, 0.3) is 0 Å². The Morgan fingerprint density at radius 3 is 2.71 bits per heavy atom. The third kappa shape index (κ3) is 6.17. The maximum Gasteiger partial charge on any atom is 0.416 e. The summed E-state index contributed by atoms with van der Waals surface area (Å²) in [5.41, 5.74) is 6.18. The zero-order valence-electron chi connectivity index (χ0n) is 21.1. The van der Waals surface area contributed by atoms with Gasteiger partial charge in [-0.15, -0.1) is 0 Å². The number of hydrogen-bond donors (Lipinski definition) is 3. The molecule has 206 valence electrons. The predicted molar refractivity (Wildman–Crippen MR) is 134 cm³/mol. The highest BCUT2D eigenvalue weighted by molar-refractivity contribution is 5.79. The molecule has 3 heterocycles. The van der Waals surface area contributed by atoms with Crippen molar-refractivity contribution in [3.63, 3.8) is 0 Å². The number of likely N-dealkylation sites (tertiary alicyclic amines) is 1. The lowest BCUT2D eigenvalue weighted by molar-refractivity contribution is -0.137. The lowest BCUT2D eigenvalue weighted by atomic mass is 9.78.